The van der Waals surface area contributed by atoms with Crippen LogP contribution in [0.3, 0.4) is 0 Å². The first kappa shape index (κ1) is 24.5. The molecule has 1 aromatic heterocycles. The maximum atomic E-state index is 13.8. The molecule has 2 heterocycles. The number of benzene rings is 3. The van der Waals surface area contributed by atoms with Gasteiger partial charge >= 0.3 is 5.97 Å². The first-order valence-electron chi connectivity index (χ1n) is 12.0. The van der Waals surface area contributed by atoms with Crippen molar-refractivity contribution in [3.63, 3.8) is 0 Å². The van der Waals surface area contributed by atoms with Crippen LogP contribution in [0.1, 0.15) is 18.4 Å². The zero-order valence-electron chi connectivity index (χ0n) is 20.2. The van der Waals surface area contributed by atoms with E-state index >= 15 is 0 Å². The van der Waals surface area contributed by atoms with E-state index in [0.717, 1.165) is 22.4 Å². The summed E-state index contributed by atoms with van der Waals surface area (Å²) in [5, 5.41) is 9.15. The third-order valence-corrected chi connectivity index (χ3v) is 8.04. The zero-order valence-corrected chi connectivity index (χ0v) is 21.1. The van der Waals surface area contributed by atoms with Gasteiger partial charge in [0.05, 0.1) is 28.5 Å². The monoisotopic (exact) mass is 514 g/mol. The minimum atomic E-state index is -3.93. The van der Waals surface area contributed by atoms with Crippen molar-refractivity contribution in [2.45, 2.75) is 30.8 Å². The molecule has 0 radical (unpaired) electrons. The number of sulfonamides is 1. The van der Waals surface area contributed by atoms with E-state index in [1.807, 2.05) is 67.6 Å². The van der Waals surface area contributed by atoms with Crippen molar-refractivity contribution in [2.75, 3.05) is 10.8 Å². The maximum absolute atomic E-state index is 13.8. The van der Waals surface area contributed by atoms with Crippen molar-refractivity contribution in [1.82, 2.24) is 4.98 Å². The molecule has 5 rings (SSSR count). The molecule has 0 saturated carbocycles. The highest BCUT2D eigenvalue weighted by atomic mass is 32.2. The fourth-order valence-electron chi connectivity index (χ4n) is 4.40. The number of nitrogens with zero attached hydrogens (tertiary/aromatic N) is 2. The van der Waals surface area contributed by atoms with Crippen LogP contribution < -0.4 is 9.04 Å². The molecule has 1 N–H and O–H groups in total. The summed E-state index contributed by atoms with van der Waals surface area (Å²) in [5.74, 6) is -0.567. The summed E-state index contributed by atoms with van der Waals surface area (Å²) in [7, 11) is -3.93. The third-order valence-electron chi connectivity index (χ3n) is 6.26. The van der Waals surface area contributed by atoms with Crippen LogP contribution in [0.5, 0.6) is 5.75 Å². The minimum Gasteiger partial charge on any atom is -0.486 e. The van der Waals surface area contributed by atoms with Crippen LogP contribution in [0, 0.1) is 6.92 Å². The lowest BCUT2D eigenvalue weighted by molar-refractivity contribution is -0.137. The number of aliphatic carboxylic acids is 1. The van der Waals surface area contributed by atoms with E-state index in [2.05, 4.69) is 0 Å². The predicted molar refractivity (Wildman–Crippen MR) is 142 cm³/mol. The van der Waals surface area contributed by atoms with Crippen molar-refractivity contribution in [3.8, 4) is 28.3 Å². The maximum Gasteiger partial charge on any atom is 0.303 e. The van der Waals surface area contributed by atoms with E-state index < -0.39 is 22.1 Å². The standard InChI is InChI=1S/C29H26N2O5S/c1-20-7-5-10-24(17-20)37(34,35)31-19-23(14-16-29(32)33)36-28-15-13-22(18-27(28)31)26-12-6-11-25(30-26)21-8-3-2-4-9-21/h2-13,15,17-18,23H,14,16,19H2,1H3,(H,32,33)/t23-/m0/s1. The summed E-state index contributed by atoms with van der Waals surface area (Å²) in [6.07, 6.45) is -0.516. The van der Waals surface area contributed by atoms with Crippen LogP contribution in [0.4, 0.5) is 5.69 Å². The smallest absolute Gasteiger partial charge is 0.303 e. The van der Waals surface area contributed by atoms with E-state index in [-0.39, 0.29) is 24.3 Å². The Labute approximate surface area is 216 Å². The van der Waals surface area contributed by atoms with Crippen LogP contribution in [-0.2, 0) is 14.8 Å². The van der Waals surface area contributed by atoms with Gasteiger partial charge in [-0.3, -0.25) is 9.10 Å². The van der Waals surface area contributed by atoms with E-state index in [9.17, 15) is 13.2 Å². The molecule has 3 aromatic carbocycles. The van der Waals surface area contributed by atoms with Crippen LogP contribution in [0.2, 0.25) is 0 Å². The van der Waals surface area contributed by atoms with E-state index in [0.29, 0.717) is 17.1 Å². The number of anilines is 1. The number of fused-ring (bicyclic) bond motifs is 1. The zero-order chi connectivity index (χ0) is 26.0. The molecule has 37 heavy (non-hydrogen) atoms. The number of carboxylic acid groups (broad SMARTS) is 1. The number of aromatic nitrogens is 1. The van der Waals surface area contributed by atoms with Gasteiger partial charge in [-0.2, -0.15) is 0 Å². The van der Waals surface area contributed by atoms with Gasteiger partial charge in [-0.05, 0) is 61.4 Å². The highest BCUT2D eigenvalue weighted by molar-refractivity contribution is 7.92. The quantitative estimate of drug-likeness (QED) is 0.348. The van der Waals surface area contributed by atoms with Crippen molar-refractivity contribution < 1.29 is 23.1 Å². The summed E-state index contributed by atoms with van der Waals surface area (Å²) < 4.78 is 35.0. The Morgan fingerprint density at radius 2 is 1.68 bits per heavy atom. The number of hydrogen-bond acceptors (Lipinski definition) is 5. The highest BCUT2D eigenvalue weighted by Gasteiger charge is 2.35. The molecular weight excluding hydrogens is 488 g/mol. The van der Waals surface area contributed by atoms with Crippen LogP contribution in [-0.4, -0.2) is 37.1 Å². The number of aryl methyl sites for hydroxylation is 1. The van der Waals surface area contributed by atoms with E-state index in [1.165, 1.54) is 4.31 Å². The molecule has 1 aliphatic rings. The number of hydrogen-bond donors (Lipinski definition) is 1. The normalized spacial score (nSPS) is 15.1. The first-order chi connectivity index (χ1) is 17.8. The van der Waals surface area contributed by atoms with Gasteiger partial charge in [-0.15, -0.1) is 0 Å². The number of ether oxygens (including phenoxy) is 1. The minimum absolute atomic E-state index is 0.0114. The molecule has 0 aliphatic carbocycles. The summed E-state index contributed by atoms with van der Waals surface area (Å²) in [6.45, 7) is 1.85. The Hall–Kier alpha value is -4.17. The Kier molecular flexibility index (Phi) is 6.67. The van der Waals surface area contributed by atoms with Crippen molar-refractivity contribution in [2.24, 2.45) is 0 Å². The molecule has 8 heteroatoms. The SMILES string of the molecule is Cc1cccc(S(=O)(=O)N2C[C@H](CCC(=O)O)Oc3ccc(-c4cccc(-c5ccccc5)n4)cc32)c1. The lowest BCUT2D eigenvalue weighted by atomic mass is 10.1. The fraction of sp³-hybridized carbons (Fsp3) is 0.172. The molecule has 7 nitrogen and oxygen atoms in total. The molecule has 0 spiro atoms. The van der Waals surface area contributed by atoms with Crippen LogP contribution in [0.15, 0.2) is 95.9 Å². The molecule has 4 aromatic rings. The average Bonchev–Trinajstić information content (AvgIpc) is 2.91. The molecule has 0 fully saturated rings. The number of rotatable bonds is 7. The second-order valence-electron chi connectivity index (χ2n) is 8.98. The second kappa shape index (κ2) is 10.1. The molecular formula is C29H26N2O5S. The molecule has 1 aliphatic heterocycles. The number of carbonyl (C=O) groups is 1. The lowest BCUT2D eigenvalue weighted by Crippen LogP contribution is -2.43. The van der Waals surface area contributed by atoms with Gasteiger partial charge in [0.1, 0.15) is 11.9 Å². The van der Waals surface area contributed by atoms with E-state index in [1.54, 1.807) is 30.3 Å². The van der Waals surface area contributed by atoms with Crippen molar-refractivity contribution in [1.29, 1.82) is 0 Å². The third kappa shape index (κ3) is 5.20. The molecule has 0 unspecified atom stereocenters. The van der Waals surface area contributed by atoms with Crippen LogP contribution >= 0.6 is 0 Å². The van der Waals surface area contributed by atoms with Crippen molar-refractivity contribution in [3.05, 3.63) is 96.6 Å². The lowest BCUT2D eigenvalue weighted by Gasteiger charge is -2.35. The first-order valence-corrected chi connectivity index (χ1v) is 13.4. The predicted octanol–water partition coefficient (Wildman–Crippen LogP) is 5.55. The van der Waals surface area contributed by atoms with E-state index in [4.69, 9.17) is 14.8 Å². The summed E-state index contributed by atoms with van der Waals surface area (Å²) >= 11 is 0. The summed E-state index contributed by atoms with van der Waals surface area (Å²) in [5.41, 5.74) is 4.46. The Bertz CT molecular complexity index is 1550. The number of carboxylic acids is 1. The van der Waals surface area contributed by atoms with Gasteiger partial charge in [-0.1, -0.05) is 48.5 Å². The van der Waals surface area contributed by atoms with Gasteiger partial charge in [0.25, 0.3) is 10.0 Å². The van der Waals surface area contributed by atoms with Gasteiger partial charge in [0.2, 0.25) is 0 Å². The summed E-state index contributed by atoms with van der Waals surface area (Å²) in [4.78, 5) is 16.1. The average molecular weight is 515 g/mol. The van der Waals surface area contributed by atoms with Gasteiger partial charge in [-0.25, -0.2) is 13.4 Å². The Balaban J connectivity index is 1.57. The Morgan fingerprint density at radius 3 is 2.41 bits per heavy atom. The topological polar surface area (TPSA) is 96.8 Å². The fourth-order valence-corrected chi connectivity index (χ4v) is 6.01. The van der Waals surface area contributed by atoms with Crippen LogP contribution in [0.25, 0.3) is 22.5 Å². The molecule has 0 saturated heterocycles. The molecule has 1 atom stereocenters. The van der Waals surface area contributed by atoms with Gasteiger partial charge < -0.3 is 9.84 Å². The molecule has 188 valence electrons. The molecule has 0 bridgehead atoms. The highest BCUT2D eigenvalue weighted by Crippen LogP contribution is 2.40. The van der Waals surface area contributed by atoms with Gasteiger partial charge in [0, 0.05) is 17.5 Å². The number of pyridine rings is 1. The largest absolute Gasteiger partial charge is 0.486 e. The summed E-state index contributed by atoms with van der Waals surface area (Å²) in [6, 6.07) is 27.6. The Morgan fingerprint density at radius 1 is 0.946 bits per heavy atom. The second-order valence-corrected chi connectivity index (χ2v) is 10.8. The van der Waals surface area contributed by atoms with Crippen molar-refractivity contribution >= 4 is 21.7 Å². The van der Waals surface area contributed by atoms with Gasteiger partial charge in [0.15, 0.2) is 0 Å². The molecule has 0 amide bonds.